The molecule has 1 aliphatic rings. The van der Waals surface area contributed by atoms with Crippen LogP contribution in [0, 0.1) is 5.82 Å². The summed E-state index contributed by atoms with van der Waals surface area (Å²) in [7, 11) is -3.90. The summed E-state index contributed by atoms with van der Waals surface area (Å²) in [6.07, 6.45) is -0.219. The monoisotopic (exact) mass is 287 g/mol. The molecule has 0 saturated heterocycles. The fraction of sp³-hybridized carbons (Fsp3) is 0.200. The molecule has 0 radical (unpaired) electrons. The molecule has 0 saturated carbocycles. The molecule has 7 nitrogen and oxygen atoms in total. The average molecular weight is 287 g/mol. The molecule has 3 N–H and O–H groups in total. The lowest BCUT2D eigenvalue weighted by molar-refractivity contribution is -0.136. The van der Waals surface area contributed by atoms with Gasteiger partial charge in [-0.25, -0.2) is 17.5 Å². The van der Waals surface area contributed by atoms with E-state index in [2.05, 4.69) is 15.0 Å². The first-order chi connectivity index (χ1) is 8.88. The summed E-state index contributed by atoms with van der Waals surface area (Å²) in [4.78, 5) is 13.9. The van der Waals surface area contributed by atoms with Crippen molar-refractivity contribution in [1.82, 2.24) is 4.72 Å². The molecule has 2 rings (SSSR count). The van der Waals surface area contributed by atoms with Crippen molar-refractivity contribution in [2.45, 2.75) is 11.3 Å². The van der Waals surface area contributed by atoms with Gasteiger partial charge in [0.1, 0.15) is 10.7 Å². The highest BCUT2D eigenvalue weighted by Gasteiger charge is 2.26. The fourth-order valence-corrected chi connectivity index (χ4v) is 2.65. The van der Waals surface area contributed by atoms with Gasteiger partial charge in [0.25, 0.3) is 10.0 Å². The summed E-state index contributed by atoms with van der Waals surface area (Å²) in [6.45, 7) is -0.0727. The summed E-state index contributed by atoms with van der Waals surface area (Å²) in [5.74, 6) is -1.79. The zero-order chi connectivity index (χ0) is 14.0. The topological polar surface area (TPSA) is 108 Å². The van der Waals surface area contributed by atoms with Gasteiger partial charge in [-0.15, -0.1) is 0 Å². The average Bonchev–Trinajstić information content (AvgIpc) is 2.29. The third-order valence-electron chi connectivity index (χ3n) is 2.31. The third-order valence-corrected chi connectivity index (χ3v) is 3.69. The maximum Gasteiger partial charge on any atom is 0.305 e. The molecule has 1 heterocycles. The standard InChI is InChI=1S/C10H10FN3O4S/c11-6-1-2-7-8(5-6)19(17,18)14-10(13-7)12-4-3-9(15)16/h1-2,5H,3-4H2,(H,15,16)(H2,12,13,14). The number of rotatable bonds is 3. The second-order valence-corrected chi connectivity index (χ2v) is 5.40. The van der Waals surface area contributed by atoms with Crippen LogP contribution in [0.25, 0.3) is 0 Å². The van der Waals surface area contributed by atoms with Crippen LogP contribution < -0.4 is 10.0 Å². The van der Waals surface area contributed by atoms with Crippen LogP contribution in [0.4, 0.5) is 10.1 Å². The second kappa shape index (κ2) is 4.84. The van der Waals surface area contributed by atoms with Crippen molar-refractivity contribution in [3.63, 3.8) is 0 Å². The number of hydrogen-bond acceptors (Lipinski definition) is 4. The van der Waals surface area contributed by atoms with Crippen LogP contribution in [-0.2, 0) is 14.8 Å². The first-order valence-corrected chi connectivity index (χ1v) is 6.72. The van der Waals surface area contributed by atoms with Gasteiger partial charge in [-0.3, -0.25) is 9.79 Å². The molecule has 1 aliphatic heterocycles. The number of guanidine groups is 1. The Morgan fingerprint density at radius 1 is 1.42 bits per heavy atom. The van der Waals surface area contributed by atoms with Crippen LogP contribution in [0.15, 0.2) is 28.1 Å². The molecule has 0 spiro atoms. The number of nitrogens with one attached hydrogen (secondary N) is 2. The number of fused-ring (bicyclic) bond motifs is 1. The molecule has 1 aromatic rings. The van der Waals surface area contributed by atoms with E-state index in [0.717, 1.165) is 12.1 Å². The highest BCUT2D eigenvalue weighted by atomic mass is 32.2. The number of sulfonamides is 1. The van der Waals surface area contributed by atoms with E-state index in [1.54, 1.807) is 0 Å². The normalized spacial score (nSPS) is 18.3. The van der Waals surface area contributed by atoms with Crippen LogP contribution >= 0.6 is 0 Å². The Balaban J connectivity index is 2.28. The Bertz CT molecular complexity index is 657. The molecule has 0 amide bonds. The largest absolute Gasteiger partial charge is 0.481 e. The van der Waals surface area contributed by atoms with Crippen LogP contribution in [0.3, 0.4) is 0 Å². The third kappa shape index (κ3) is 2.99. The summed E-state index contributed by atoms with van der Waals surface area (Å²) in [6, 6.07) is 3.27. The molecule has 0 bridgehead atoms. The Labute approximate surface area is 108 Å². The van der Waals surface area contributed by atoms with Crippen molar-refractivity contribution in [3.8, 4) is 0 Å². The van der Waals surface area contributed by atoms with Crippen molar-refractivity contribution in [3.05, 3.63) is 24.0 Å². The van der Waals surface area contributed by atoms with Crippen LogP contribution in [0.1, 0.15) is 6.42 Å². The summed E-state index contributed by atoms with van der Waals surface area (Å²) >= 11 is 0. The van der Waals surface area contributed by atoms with E-state index in [0.29, 0.717) is 0 Å². The van der Waals surface area contributed by atoms with E-state index >= 15 is 0 Å². The lowest BCUT2D eigenvalue weighted by Gasteiger charge is -2.21. The first-order valence-electron chi connectivity index (χ1n) is 5.24. The number of benzene rings is 1. The van der Waals surface area contributed by atoms with Gasteiger partial charge in [0.15, 0.2) is 0 Å². The molecule has 0 aromatic heterocycles. The van der Waals surface area contributed by atoms with Gasteiger partial charge in [0.2, 0.25) is 5.96 Å². The fourth-order valence-electron chi connectivity index (χ4n) is 1.49. The van der Waals surface area contributed by atoms with Gasteiger partial charge in [-0.1, -0.05) is 0 Å². The number of carbonyl (C=O) groups is 1. The number of anilines is 1. The molecule has 0 atom stereocenters. The molecule has 19 heavy (non-hydrogen) atoms. The number of carboxylic acids is 1. The molecule has 0 fully saturated rings. The Hall–Kier alpha value is -2.16. The summed E-state index contributed by atoms with van der Waals surface area (Å²) < 4.78 is 38.7. The zero-order valence-electron chi connectivity index (χ0n) is 9.55. The van der Waals surface area contributed by atoms with Crippen LogP contribution in [0.5, 0.6) is 0 Å². The SMILES string of the molecule is O=C(O)CCN=C1Nc2ccc(F)cc2S(=O)(=O)N1. The van der Waals surface area contributed by atoms with Crippen molar-refractivity contribution in [2.75, 3.05) is 11.9 Å². The van der Waals surface area contributed by atoms with Gasteiger partial charge >= 0.3 is 5.97 Å². The highest BCUT2D eigenvalue weighted by Crippen LogP contribution is 2.25. The minimum atomic E-state index is -3.90. The van der Waals surface area contributed by atoms with Crippen LogP contribution in [-0.4, -0.2) is 32.0 Å². The second-order valence-electron chi connectivity index (χ2n) is 3.75. The molecule has 102 valence electrons. The minimum Gasteiger partial charge on any atom is -0.481 e. The summed E-state index contributed by atoms with van der Waals surface area (Å²) in [5.41, 5.74) is 0.189. The van der Waals surface area contributed by atoms with E-state index < -0.39 is 21.8 Å². The van der Waals surface area contributed by atoms with Gasteiger partial charge in [-0.05, 0) is 18.2 Å². The first kappa shape index (κ1) is 13.3. The minimum absolute atomic E-state index is 0.0727. The number of hydrogen-bond donors (Lipinski definition) is 3. The van der Waals surface area contributed by atoms with Crippen LogP contribution in [0.2, 0.25) is 0 Å². The van der Waals surface area contributed by atoms with Crippen molar-refractivity contribution in [1.29, 1.82) is 0 Å². The highest BCUT2D eigenvalue weighted by molar-refractivity contribution is 7.90. The van der Waals surface area contributed by atoms with Gasteiger partial charge in [0.05, 0.1) is 18.7 Å². The number of carboxylic acid groups (broad SMARTS) is 1. The maximum absolute atomic E-state index is 13.0. The van der Waals surface area contributed by atoms with E-state index in [1.807, 2.05) is 0 Å². The van der Waals surface area contributed by atoms with Crippen molar-refractivity contribution >= 4 is 27.6 Å². The summed E-state index contributed by atoms with van der Waals surface area (Å²) in [5, 5.41) is 11.1. The van der Waals surface area contributed by atoms with Crippen molar-refractivity contribution in [2.24, 2.45) is 4.99 Å². The molecule has 0 unspecified atom stereocenters. The molecule has 1 aromatic carbocycles. The van der Waals surface area contributed by atoms with Gasteiger partial charge < -0.3 is 10.4 Å². The number of nitrogens with zero attached hydrogens (tertiary/aromatic N) is 1. The lowest BCUT2D eigenvalue weighted by Crippen LogP contribution is -2.41. The van der Waals surface area contributed by atoms with E-state index in [-0.39, 0.29) is 29.5 Å². The molecule has 0 aliphatic carbocycles. The number of halogens is 1. The Morgan fingerprint density at radius 3 is 2.84 bits per heavy atom. The Kier molecular flexibility index (Phi) is 3.38. The number of aliphatic imine (C=N–C) groups is 1. The van der Waals surface area contributed by atoms with E-state index in [4.69, 9.17) is 5.11 Å². The van der Waals surface area contributed by atoms with Gasteiger partial charge in [0, 0.05) is 0 Å². The zero-order valence-corrected chi connectivity index (χ0v) is 10.4. The molecular weight excluding hydrogens is 277 g/mol. The number of aliphatic carboxylic acids is 1. The van der Waals surface area contributed by atoms with E-state index in [1.165, 1.54) is 6.07 Å². The van der Waals surface area contributed by atoms with Crippen molar-refractivity contribution < 1.29 is 22.7 Å². The predicted octanol–water partition coefficient (Wildman–Crippen LogP) is 0.360. The molecule has 9 heteroatoms. The molecular formula is C10H10FN3O4S. The maximum atomic E-state index is 13.0. The Morgan fingerprint density at radius 2 is 2.16 bits per heavy atom. The van der Waals surface area contributed by atoms with Gasteiger partial charge in [-0.2, -0.15) is 0 Å². The predicted molar refractivity (Wildman–Crippen MR) is 64.9 cm³/mol. The van der Waals surface area contributed by atoms with E-state index in [9.17, 15) is 17.6 Å². The lowest BCUT2D eigenvalue weighted by atomic mass is 10.3. The quantitative estimate of drug-likeness (QED) is 0.744. The smallest absolute Gasteiger partial charge is 0.305 e.